The molecular formula is C17H20N2O3. The molecule has 1 atom stereocenters. The first-order valence-electron chi connectivity index (χ1n) is 7.05. The molecule has 0 aliphatic heterocycles. The summed E-state index contributed by atoms with van der Waals surface area (Å²) in [6, 6.07) is 10.7. The van der Waals surface area contributed by atoms with Gasteiger partial charge in [0.1, 0.15) is 5.75 Å². The number of carbonyl (C=O) groups excluding carboxylic acids is 1. The maximum absolute atomic E-state index is 12.1. The molecule has 0 aliphatic carbocycles. The fraction of sp³-hybridized carbons (Fsp3) is 0.294. The lowest BCUT2D eigenvalue weighted by atomic mass is 10.1. The average molecular weight is 300 g/mol. The molecule has 2 rings (SSSR count). The largest absolute Gasteiger partial charge is 0.497 e. The molecule has 1 heterocycles. The van der Waals surface area contributed by atoms with Crippen LogP contribution in [0.5, 0.6) is 5.75 Å². The second-order valence-corrected chi connectivity index (χ2v) is 5.09. The van der Waals surface area contributed by atoms with Gasteiger partial charge in [-0.15, -0.1) is 0 Å². The highest BCUT2D eigenvalue weighted by Gasteiger charge is 2.13. The van der Waals surface area contributed by atoms with Crippen molar-refractivity contribution in [3.63, 3.8) is 0 Å². The zero-order chi connectivity index (χ0) is 16.1. The molecule has 0 radical (unpaired) electrons. The van der Waals surface area contributed by atoms with Gasteiger partial charge in [-0.25, -0.2) is 0 Å². The van der Waals surface area contributed by atoms with Gasteiger partial charge in [0.2, 0.25) is 0 Å². The van der Waals surface area contributed by atoms with E-state index in [-0.39, 0.29) is 12.5 Å². The highest BCUT2D eigenvalue weighted by atomic mass is 16.5. The van der Waals surface area contributed by atoms with Crippen LogP contribution in [0, 0.1) is 13.8 Å². The van der Waals surface area contributed by atoms with Crippen LogP contribution in [-0.4, -0.2) is 29.7 Å². The first-order chi connectivity index (χ1) is 10.5. The van der Waals surface area contributed by atoms with Gasteiger partial charge < -0.3 is 15.2 Å². The minimum absolute atomic E-state index is 0.124. The van der Waals surface area contributed by atoms with Gasteiger partial charge in [0.25, 0.3) is 5.91 Å². The Morgan fingerprint density at radius 1 is 1.32 bits per heavy atom. The van der Waals surface area contributed by atoms with Gasteiger partial charge in [0.05, 0.1) is 24.5 Å². The number of aryl methyl sites for hydroxylation is 2. The topological polar surface area (TPSA) is 71.5 Å². The summed E-state index contributed by atoms with van der Waals surface area (Å²) in [6.07, 6.45) is -0.794. The number of methoxy groups -OCH3 is 1. The van der Waals surface area contributed by atoms with Crippen LogP contribution in [0.1, 0.15) is 33.4 Å². The molecule has 1 unspecified atom stereocenters. The number of nitrogens with one attached hydrogen (secondary N) is 1. The minimum atomic E-state index is -0.794. The number of nitrogens with zero attached hydrogens (tertiary/aromatic N) is 1. The quantitative estimate of drug-likeness (QED) is 0.887. The Kier molecular flexibility index (Phi) is 5.12. The molecule has 0 saturated carbocycles. The van der Waals surface area contributed by atoms with Crippen LogP contribution in [0.15, 0.2) is 36.4 Å². The van der Waals surface area contributed by atoms with Crippen LogP contribution < -0.4 is 10.1 Å². The SMILES string of the molecule is COc1cccc(C(O)CNC(=O)c2ccc(C)nc2C)c1. The lowest BCUT2D eigenvalue weighted by molar-refractivity contribution is 0.0915. The number of aliphatic hydroxyl groups excluding tert-OH is 1. The third-order valence-corrected chi connectivity index (χ3v) is 3.40. The maximum atomic E-state index is 12.1. The molecule has 1 aromatic carbocycles. The van der Waals surface area contributed by atoms with Gasteiger partial charge in [-0.05, 0) is 43.7 Å². The fourth-order valence-electron chi connectivity index (χ4n) is 2.18. The summed E-state index contributed by atoms with van der Waals surface area (Å²) in [5, 5.41) is 12.9. The van der Waals surface area contributed by atoms with E-state index in [1.54, 1.807) is 50.4 Å². The standard InChI is InChI=1S/C17H20N2O3/c1-11-7-8-15(12(2)19-11)17(21)18-10-16(20)13-5-4-6-14(9-13)22-3/h4-9,16,20H,10H2,1-3H3,(H,18,21). The number of rotatable bonds is 5. The number of benzene rings is 1. The van der Waals surface area contributed by atoms with Crippen LogP contribution in [0.2, 0.25) is 0 Å². The van der Waals surface area contributed by atoms with Gasteiger partial charge in [-0.3, -0.25) is 9.78 Å². The van der Waals surface area contributed by atoms with E-state index < -0.39 is 6.10 Å². The molecule has 1 amide bonds. The third-order valence-electron chi connectivity index (χ3n) is 3.40. The maximum Gasteiger partial charge on any atom is 0.253 e. The molecule has 1 aromatic heterocycles. The smallest absolute Gasteiger partial charge is 0.253 e. The number of hydrogen-bond donors (Lipinski definition) is 2. The molecule has 0 fully saturated rings. The van der Waals surface area contributed by atoms with Gasteiger partial charge in [-0.2, -0.15) is 0 Å². The van der Waals surface area contributed by atoms with Crippen LogP contribution in [0.3, 0.4) is 0 Å². The summed E-state index contributed by atoms with van der Waals surface area (Å²) in [4.78, 5) is 16.4. The van der Waals surface area contributed by atoms with Crippen molar-refractivity contribution in [2.75, 3.05) is 13.7 Å². The van der Waals surface area contributed by atoms with Crippen molar-refractivity contribution in [3.8, 4) is 5.75 Å². The molecule has 2 aromatic rings. The Morgan fingerprint density at radius 3 is 2.77 bits per heavy atom. The van der Waals surface area contributed by atoms with Crippen LogP contribution in [-0.2, 0) is 0 Å². The summed E-state index contributed by atoms with van der Waals surface area (Å²) in [6.45, 7) is 3.79. The normalized spacial score (nSPS) is 11.8. The second kappa shape index (κ2) is 7.04. The number of aromatic nitrogens is 1. The predicted octanol–water partition coefficient (Wildman–Crippen LogP) is 2.17. The summed E-state index contributed by atoms with van der Waals surface area (Å²) < 4.78 is 5.12. The summed E-state index contributed by atoms with van der Waals surface area (Å²) in [5.41, 5.74) is 2.75. The number of aliphatic hydroxyl groups is 1. The summed E-state index contributed by atoms with van der Waals surface area (Å²) in [7, 11) is 1.57. The van der Waals surface area contributed by atoms with Crippen molar-refractivity contribution < 1.29 is 14.6 Å². The van der Waals surface area contributed by atoms with Gasteiger partial charge in [-0.1, -0.05) is 12.1 Å². The van der Waals surface area contributed by atoms with E-state index >= 15 is 0 Å². The van der Waals surface area contributed by atoms with E-state index in [0.29, 0.717) is 22.6 Å². The average Bonchev–Trinajstić information content (AvgIpc) is 2.52. The van der Waals surface area contributed by atoms with Crippen molar-refractivity contribution in [2.24, 2.45) is 0 Å². The fourth-order valence-corrected chi connectivity index (χ4v) is 2.18. The van der Waals surface area contributed by atoms with Crippen molar-refractivity contribution in [2.45, 2.75) is 20.0 Å². The van der Waals surface area contributed by atoms with Crippen molar-refractivity contribution >= 4 is 5.91 Å². The Morgan fingerprint density at radius 2 is 2.09 bits per heavy atom. The summed E-state index contributed by atoms with van der Waals surface area (Å²) in [5.74, 6) is 0.424. The molecule has 2 N–H and O–H groups in total. The van der Waals surface area contributed by atoms with Crippen LogP contribution in [0.4, 0.5) is 0 Å². The number of ether oxygens (including phenoxy) is 1. The first kappa shape index (κ1) is 16.0. The van der Waals surface area contributed by atoms with Crippen LogP contribution >= 0.6 is 0 Å². The molecule has 0 saturated heterocycles. The first-order valence-corrected chi connectivity index (χ1v) is 7.05. The predicted molar refractivity (Wildman–Crippen MR) is 84.0 cm³/mol. The highest BCUT2D eigenvalue weighted by Crippen LogP contribution is 2.18. The number of hydrogen-bond acceptors (Lipinski definition) is 4. The molecule has 22 heavy (non-hydrogen) atoms. The Labute approximate surface area is 130 Å². The van der Waals surface area contributed by atoms with Crippen molar-refractivity contribution in [3.05, 3.63) is 58.9 Å². The molecule has 5 heteroatoms. The molecular weight excluding hydrogens is 280 g/mol. The number of carbonyl (C=O) groups is 1. The molecule has 116 valence electrons. The van der Waals surface area contributed by atoms with Crippen LogP contribution in [0.25, 0.3) is 0 Å². The zero-order valence-electron chi connectivity index (χ0n) is 13.0. The zero-order valence-corrected chi connectivity index (χ0v) is 13.0. The monoisotopic (exact) mass is 300 g/mol. The Hall–Kier alpha value is -2.40. The number of pyridine rings is 1. The van der Waals surface area contributed by atoms with Crippen molar-refractivity contribution in [1.82, 2.24) is 10.3 Å². The Balaban J connectivity index is 2.00. The van der Waals surface area contributed by atoms with Gasteiger partial charge in [0, 0.05) is 12.2 Å². The molecule has 0 bridgehead atoms. The minimum Gasteiger partial charge on any atom is -0.497 e. The van der Waals surface area contributed by atoms with Gasteiger partial charge in [0.15, 0.2) is 0 Å². The van der Waals surface area contributed by atoms with E-state index in [2.05, 4.69) is 10.3 Å². The molecule has 0 spiro atoms. The van der Waals surface area contributed by atoms with E-state index in [9.17, 15) is 9.90 Å². The second-order valence-electron chi connectivity index (χ2n) is 5.09. The number of amides is 1. The van der Waals surface area contributed by atoms with E-state index in [4.69, 9.17) is 4.74 Å². The lowest BCUT2D eigenvalue weighted by Crippen LogP contribution is -2.29. The highest BCUT2D eigenvalue weighted by molar-refractivity contribution is 5.95. The molecule has 0 aliphatic rings. The molecule has 5 nitrogen and oxygen atoms in total. The summed E-state index contributed by atoms with van der Waals surface area (Å²) >= 11 is 0. The van der Waals surface area contributed by atoms with E-state index in [0.717, 1.165) is 5.69 Å². The van der Waals surface area contributed by atoms with Crippen molar-refractivity contribution in [1.29, 1.82) is 0 Å². The Bertz CT molecular complexity index is 671. The van der Waals surface area contributed by atoms with E-state index in [1.807, 2.05) is 6.92 Å². The van der Waals surface area contributed by atoms with Gasteiger partial charge >= 0.3 is 0 Å². The van der Waals surface area contributed by atoms with E-state index in [1.165, 1.54) is 0 Å². The lowest BCUT2D eigenvalue weighted by Gasteiger charge is -2.14. The third kappa shape index (κ3) is 3.83.